The van der Waals surface area contributed by atoms with Gasteiger partial charge in [-0.3, -0.25) is 4.79 Å². The van der Waals surface area contributed by atoms with Gasteiger partial charge in [-0.1, -0.05) is 24.3 Å². The van der Waals surface area contributed by atoms with Crippen molar-refractivity contribution in [2.45, 2.75) is 19.8 Å². The van der Waals surface area contributed by atoms with E-state index < -0.39 is 5.97 Å². The molecule has 0 saturated carbocycles. The van der Waals surface area contributed by atoms with Crippen LogP contribution >= 0.6 is 0 Å². The number of para-hydroxylation sites is 1. The lowest BCUT2D eigenvalue weighted by molar-refractivity contribution is 0.0696. The molecule has 4 heteroatoms. The fraction of sp³-hybridized carbons (Fsp3) is 0.222. The lowest BCUT2D eigenvalue weighted by Crippen LogP contribution is -2.04. The molecule has 0 atom stereocenters. The van der Waals surface area contributed by atoms with Crippen LogP contribution in [-0.4, -0.2) is 23.5 Å². The van der Waals surface area contributed by atoms with Crippen LogP contribution < -0.4 is 4.74 Å². The minimum atomic E-state index is -0.923. The number of rotatable bonds is 7. The van der Waals surface area contributed by atoms with E-state index in [2.05, 4.69) is 0 Å². The normalized spacial score (nSPS) is 10.2. The van der Waals surface area contributed by atoms with Crippen molar-refractivity contribution in [1.82, 2.24) is 0 Å². The molecule has 0 aliphatic heterocycles. The number of carboxylic acids is 1. The van der Waals surface area contributed by atoms with E-state index in [1.54, 1.807) is 36.4 Å². The van der Waals surface area contributed by atoms with E-state index in [0.717, 1.165) is 18.4 Å². The third kappa shape index (κ3) is 4.19. The summed E-state index contributed by atoms with van der Waals surface area (Å²) in [4.78, 5) is 22.4. The Kier molecular flexibility index (Phi) is 5.31. The Morgan fingerprint density at radius 3 is 2.59 bits per heavy atom. The van der Waals surface area contributed by atoms with E-state index in [1.165, 1.54) is 6.92 Å². The maximum absolute atomic E-state index is 11.5. The van der Waals surface area contributed by atoms with Crippen LogP contribution in [0.3, 0.4) is 0 Å². The van der Waals surface area contributed by atoms with Crippen LogP contribution in [0.25, 0.3) is 0 Å². The van der Waals surface area contributed by atoms with Crippen LogP contribution in [0.2, 0.25) is 0 Å². The number of hydrogen-bond donors (Lipinski definition) is 1. The average Bonchev–Trinajstić information content (AvgIpc) is 2.52. The van der Waals surface area contributed by atoms with Crippen LogP contribution in [0.1, 0.15) is 39.6 Å². The van der Waals surface area contributed by atoms with Crippen molar-refractivity contribution in [3.8, 4) is 5.75 Å². The number of aromatic carboxylic acids is 1. The Morgan fingerprint density at radius 1 is 1.09 bits per heavy atom. The predicted octanol–water partition coefficient (Wildman–Crippen LogP) is 3.60. The van der Waals surface area contributed by atoms with Crippen molar-refractivity contribution in [1.29, 1.82) is 0 Å². The molecule has 0 heterocycles. The maximum atomic E-state index is 11.5. The first-order chi connectivity index (χ1) is 10.6. The smallest absolute Gasteiger partial charge is 0.335 e. The van der Waals surface area contributed by atoms with Gasteiger partial charge in [0.25, 0.3) is 0 Å². The van der Waals surface area contributed by atoms with Crippen molar-refractivity contribution in [2.75, 3.05) is 6.61 Å². The third-order valence-corrected chi connectivity index (χ3v) is 3.31. The van der Waals surface area contributed by atoms with E-state index in [9.17, 15) is 9.59 Å². The molecule has 0 aliphatic rings. The summed E-state index contributed by atoms with van der Waals surface area (Å²) >= 11 is 0. The van der Waals surface area contributed by atoms with Crippen LogP contribution in [0.15, 0.2) is 48.5 Å². The molecule has 0 aromatic heterocycles. The molecule has 22 heavy (non-hydrogen) atoms. The van der Waals surface area contributed by atoms with E-state index in [-0.39, 0.29) is 5.78 Å². The molecule has 0 bridgehead atoms. The van der Waals surface area contributed by atoms with E-state index in [4.69, 9.17) is 9.84 Å². The van der Waals surface area contributed by atoms with Gasteiger partial charge in [-0.15, -0.1) is 0 Å². The first-order valence-corrected chi connectivity index (χ1v) is 7.13. The highest BCUT2D eigenvalue weighted by Gasteiger charge is 2.07. The van der Waals surface area contributed by atoms with Gasteiger partial charge >= 0.3 is 5.97 Å². The lowest BCUT2D eigenvalue weighted by atomic mass is 10.1. The zero-order chi connectivity index (χ0) is 15.9. The van der Waals surface area contributed by atoms with Crippen LogP contribution in [0, 0.1) is 0 Å². The zero-order valence-corrected chi connectivity index (χ0v) is 12.4. The lowest BCUT2D eigenvalue weighted by Gasteiger charge is -2.09. The molecule has 2 aromatic rings. The van der Waals surface area contributed by atoms with Gasteiger partial charge < -0.3 is 9.84 Å². The summed E-state index contributed by atoms with van der Waals surface area (Å²) in [6, 6.07) is 14.0. The predicted molar refractivity (Wildman–Crippen MR) is 83.7 cm³/mol. The molecule has 0 unspecified atom stereocenters. The third-order valence-electron chi connectivity index (χ3n) is 3.31. The van der Waals surface area contributed by atoms with Crippen molar-refractivity contribution >= 4 is 11.8 Å². The summed E-state index contributed by atoms with van der Waals surface area (Å²) in [5.74, 6) is -0.354. The van der Waals surface area contributed by atoms with Crippen molar-refractivity contribution in [3.63, 3.8) is 0 Å². The van der Waals surface area contributed by atoms with Gasteiger partial charge in [0.05, 0.1) is 17.7 Å². The molecule has 0 amide bonds. The molecule has 114 valence electrons. The first kappa shape index (κ1) is 15.8. The van der Waals surface area contributed by atoms with Gasteiger partial charge in [-0.25, -0.2) is 4.79 Å². The molecule has 4 nitrogen and oxygen atoms in total. The van der Waals surface area contributed by atoms with E-state index in [0.29, 0.717) is 23.5 Å². The van der Waals surface area contributed by atoms with Crippen molar-refractivity contribution in [3.05, 3.63) is 65.2 Å². The van der Waals surface area contributed by atoms with Gasteiger partial charge in [0.15, 0.2) is 5.78 Å². The highest BCUT2D eigenvalue weighted by atomic mass is 16.5. The summed E-state index contributed by atoms with van der Waals surface area (Å²) in [5.41, 5.74) is 1.83. The van der Waals surface area contributed by atoms with Crippen molar-refractivity contribution in [2.24, 2.45) is 0 Å². The van der Waals surface area contributed by atoms with Gasteiger partial charge in [0.2, 0.25) is 0 Å². The molecule has 0 spiro atoms. The summed E-state index contributed by atoms with van der Waals surface area (Å²) in [5, 5.41) is 8.96. The SMILES string of the molecule is CC(=O)c1ccccc1OCCCc1cccc(C(=O)O)c1. The Morgan fingerprint density at radius 2 is 1.86 bits per heavy atom. The number of ether oxygens (including phenoxy) is 1. The second-order valence-corrected chi connectivity index (χ2v) is 5.01. The summed E-state index contributed by atoms with van der Waals surface area (Å²) in [6.45, 7) is 1.99. The highest BCUT2D eigenvalue weighted by Crippen LogP contribution is 2.18. The minimum absolute atomic E-state index is 0.0234. The highest BCUT2D eigenvalue weighted by molar-refractivity contribution is 5.96. The van der Waals surface area contributed by atoms with E-state index in [1.807, 2.05) is 12.1 Å². The Hall–Kier alpha value is -2.62. The second-order valence-electron chi connectivity index (χ2n) is 5.01. The van der Waals surface area contributed by atoms with Crippen LogP contribution in [0.5, 0.6) is 5.75 Å². The number of Topliss-reactive ketones (excluding diaryl/α,β-unsaturated/α-hetero) is 1. The average molecular weight is 298 g/mol. The fourth-order valence-corrected chi connectivity index (χ4v) is 2.20. The number of benzene rings is 2. The number of aryl methyl sites for hydroxylation is 1. The Bertz CT molecular complexity index is 676. The number of carboxylic acid groups (broad SMARTS) is 1. The van der Waals surface area contributed by atoms with Gasteiger partial charge in [-0.2, -0.15) is 0 Å². The molecular weight excluding hydrogens is 280 g/mol. The Labute approximate surface area is 129 Å². The minimum Gasteiger partial charge on any atom is -0.493 e. The molecule has 0 aliphatic carbocycles. The molecular formula is C18H18O4. The zero-order valence-electron chi connectivity index (χ0n) is 12.4. The topological polar surface area (TPSA) is 63.6 Å². The van der Waals surface area contributed by atoms with Crippen molar-refractivity contribution < 1.29 is 19.4 Å². The number of ketones is 1. The van der Waals surface area contributed by atoms with Gasteiger partial charge in [0, 0.05) is 0 Å². The molecule has 0 saturated heterocycles. The first-order valence-electron chi connectivity index (χ1n) is 7.13. The second kappa shape index (κ2) is 7.41. The van der Waals surface area contributed by atoms with Crippen LogP contribution in [-0.2, 0) is 6.42 Å². The monoisotopic (exact) mass is 298 g/mol. The maximum Gasteiger partial charge on any atom is 0.335 e. The molecule has 0 radical (unpaired) electrons. The quantitative estimate of drug-likeness (QED) is 0.626. The fourth-order valence-electron chi connectivity index (χ4n) is 2.20. The summed E-state index contributed by atoms with van der Waals surface area (Å²) in [6.07, 6.45) is 1.47. The molecule has 2 aromatic carbocycles. The molecule has 0 fully saturated rings. The molecule has 2 rings (SSSR count). The standard InChI is InChI=1S/C18H18O4/c1-13(19)16-9-2-3-10-17(16)22-11-5-7-14-6-4-8-15(12-14)18(20)21/h2-4,6,8-10,12H,5,7,11H2,1H3,(H,20,21). The van der Waals surface area contributed by atoms with Gasteiger partial charge in [-0.05, 0) is 49.6 Å². The van der Waals surface area contributed by atoms with E-state index >= 15 is 0 Å². The Balaban J connectivity index is 1.89. The van der Waals surface area contributed by atoms with Crippen LogP contribution in [0.4, 0.5) is 0 Å². The molecule has 1 N–H and O–H groups in total. The van der Waals surface area contributed by atoms with Gasteiger partial charge in [0.1, 0.15) is 5.75 Å². The largest absolute Gasteiger partial charge is 0.493 e. The number of carbonyl (C=O) groups is 2. The summed E-state index contributed by atoms with van der Waals surface area (Å²) in [7, 11) is 0. The summed E-state index contributed by atoms with van der Waals surface area (Å²) < 4.78 is 5.66. The number of hydrogen-bond acceptors (Lipinski definition) is 3. The number of carbonyl (C=O) groups excluding carboxylic acids is 1.